The summed E-state index contributed by atoms with van der Waals surface area (Å²) in [5.74, 6) is 0.579. The highest BCUT2D eigenvalue weighted by atomic mass is 32.2. The number of phenolic OH excluding ortho intramolecular Hbond substituents is 1. The van der Waals surface area contributed by atoms with Crippen molar-refractivity contribution in [3.05, 3.63) is 115 Å². The first-order valence-electron chi connectivity index (χ1n) is 12.3. The third-order valence-electron chi connectivity index (χ3n) is 6.53. The van der Waals surface area contributed by atoms with Gasteiger partial charge in [-0.25, -0.2) is 13.4 Å². The summed E-state index contributed by atoms with van der Waals surface area (Å²) < 4.78 is 40.4. The average molecular weight is 537 g/mol. The first kappa shape index (κ1) is 24.5. The van der Waals surface area contributed by atoms with Crippen LogP contribution < -0.4 is 0 Å². The molecule has 1 N–H and O–H groups in total. The molecule has 0 aliphatic heterocycles. The highest BCUT2D eigenvalue weighted by Crippen LogP contribution is 2.33. The van der Waals surface area contributed by atoms with Crippen LogP contribution >= 0.6 is 0 Å². The number of aromatic nitrogens is 2. The van der Waals surface area contributed by atoms with E-state index in [4.69, 9.17) is 8.94 Å². The van der Waals surface area contributed by atoms with E-state index in [0.717, 1.165) is 17.5 Å². The molecule has 2 aromatic heterocycles. The number of hydrogen-bond acceptors (Lipinski definition) is 6. The molecule has 2 heterocycles. The summed E-state index contributed by atoms with van der Waals surface area (Å²) in [4.78, 5) is 4.80. The maximum absolute atomic E-state index is 13.6. The van der Waals surface area contributed by atoms with E-state index in [1.165, 1.54) is 22.9 Å². The Morgan fingerprint density at radius 1 is 0.872 bits per heavy atom. The normalized spacial score (nSPS) is 11.8. The Hall–Kier alpha value is -4.82. The Morgan fingerprint density at radius 2 is 1.64 bits per heavy atom. The zero-order valence-electron chi connectivity index (χ0n) is 20.9. The highest BCUT2D eigenvalue weighted by Gasteiger charge is 2.23. The molecule has 0 saturated heterocycles. The SMILES string of the molecule is C=CCc1cccc(-c2nc3cc(S(=O)(=O)c4ccc5on(-c6ccc(O)c(CC=C)c6)c5c4)ccc3o2)c1. The molecule has 6 rings (SSSR count). The molecule has 8 heteroatoms. The number of sulfone groups is 1. The fourth-order valence-corrected chi connectivity index (χ4v) is 5.85. The summed E-state index contributed by atoms with van der Waals surface area (Å²) in [5, 5.41) is 10.1. The summed E-state index contributed by atoms with van der Waals surface area (Å²) in [6.07, 6.45) is 4.74. The summed E-state index contributed by atoms with van der Waals surface area (Å²) in [5.41, 5.74) is 5.36. The van der Waals surface area contributed by atoms with Gasteiger partial charge in [0.25, 0.3) is 0 Å². The van der Waals surface area contributed by atoms with Crippen LogP contribution in [-0.4, -0.2) is 23.2 Å². The van der Waals surface area contributed by atoms with Gasteiger partial charge >= 0.3 is 0 Å². The van der Waals surface area contributed by atoms with Gasteiger partial charge in [-0.3, -0.25) is 0 Å². The van der Waals surface area contributed by atoms with Crippen molar-refractivity contribution < 1.29 is 22.5 Å². The lowest BCUT2D eigenvalue weighted by Gasteiger charge is -2.16. The van der Waals surface area contributed by atoms with Gasteiger partial charge < -0.3 is 14.0 Å². The monoisotopic (exact) mass is 536 g/mol. The van der Waals surface area contributed by atoms with Gasteiger partial charge in [0.2, 0.25) is 15.7 Å². The van der Waals surface area contributed by atoms with Crippen molar-refractivity contribution >= 4 is 32.0 Å². The van der Waals surface area contributed by atoms with Crippen molar-refractivity contribution in [3.63, 3.8) is 0 Å². The van der Waals surface area contributed by atoms with Crippen LogP contribution in [0.25, 0.3) is 39.3 Å². The Morgan fingerprint density at radius 3 is 2.44 bits per heavy atom. The van der Waals surface area contributed by atoms with Crippen molar-refractivity contribution in [2.75, 3.05) is 0 Å². The predicted molar refractivity (Wildman–Crippen MR) is 150 cm³/mol. The van der Waals surface area contributed by atoms with Gasteiger partial charge in [-0.05, 0) is 90.7 Å². The number of nitrogens with zero attached hydrogens (tertiary/aromatic N) is 2. The van der Waals surface area contributed by atoms with E-state index in [-0.39, 0.29) is 15.5 Å². The molecule has 0 atom stereocenters. The van der Waals surface area contributed by atoms with E-state index in [2.05, 4.69) is 18.1 Å². The topological polar surface area (TPSA) is 98.5 Å². The third kappa shape index (κ3) is 4.34. The number of rotatable bonds is 8. The molecule has 0 unspecified atom stereocenters. The zero-order valence-corrected chi connectivity index (χ0v) is 21.7. The molecule has 7 nitrogen and oxygen atoms in total. The lowest BCUT2D eigenvalue weighted by Crippen LogP contribution is -2.06. The minimum atomic E-state index is -3.86. The van der Waals surface area contributed by atoms with Crippen LogP contribution in [0.2, 0.25) is 0 Å². The van der Waals surface area contributed by atoms with E-state index in [9.17, 15) is 13.5 Å². The van der Waals surface area contributed by atoms with E-state index < -0.39 is 9.84 Å². The van der Waals surface area contributed by atoms with Crippen LogP contribution in [0.4, 0.5) is 0 Å². The predicted octanol–water partition coefficient (Wildman–Crippen LogP) is 7.03. The molecule has 0 radical (unpaired) electrons. The van der Waals surface area contributed by atoms with Gasteiger partial charge in [0.15, 0.2) is 11.2 Å². The van der Waals surface area contributed by atoms with Crippen LogP contribution in [0, 0.1) is 0 Å². The number of benzene rings is 4. The summed E-state index contributed by atoms with van der Waals surface area (Å²) >= 11 is 0. The Balaban J connectivity index is 1.36. The number of oxazole rings is 1. The van der Waals surface area contributed by atoms with Gasteiger partial charge in [0.1, 0.15) is 16.8 Å². The Bertz CT molecular complexity index is 1990. The molecule has 4 aromatic carbocycles. The minimum Gasteiger partial charge on any atom is -0.508 e. The average Bonchev–Trinajstić information content (AvgIpc) is 3.35. The summed E-state index contributed by atoms with van der Waals surface area (Å²) in [6, 6.07) is 22.3. The number of phenols is 1. The molecule has 0 fully saturated rings. The van der Waals surface area contributed by atoms with E-state index in [0.29, 0.717) is 45.8 Å². The van der Waals surface area contributed by atoms with Crippen LogP contribution in [0.1, 0.15) is 11.1 Å². The first-order chi connectivity index (χ1) is 18.9. The molecule has 0 amide bonds. The molecule has 0 aliphatic rings. The van der Waals surface area contributed by atoms with Crippen molar-refractivity contribution in [2.45, 2.75) is 22.6 Å². The van der Waals surface area contributed by atoms with E-state index in [1.807, 2.05) is 30.3 Å². The smallest absolute Gasteiger partial charge is 0.227 e. The third-order valence-corrected chi connectivity index (χ3v) is 8.28. The van der Waals surface area contributed by atoms with Gasteiger partial charge in [-0.1, -0.05) is 24.3 Å². The quantitative estimate of drug-likeness (QED) is 0.210. The maximum Gasteiger partial charge on any atom is 0.227 e. The second-order valence-electron chi connectivity index (χ2n) is 9.17. The Labute approximate surface area is 224 Å². The van der Waals surface area contributed by atoms with Crippen molar-refractivity contribution in [1.29, 1.82) is 0 Å². The fourth-order valence-electron chi connectivity index (χ4n) is 4.55. The second-order valence-corrected chi connectivity index (χ2v) is 11.1. The lowest BCUT2D eigenvalue weighted by atomic mass is 10.1. The molecule has 194 valence electrons. The minimum absolute atomic E-state index is 0.111. The highest BCUT2D eigenvalue weighted by molar-refractivity contribution is 7.91. The van der Waals surface area contributed by atoms with Gasteiger partial charge in [-0.15, -0.1) is 13.2 Å². The second kappa shape index (κ2) is 9.49. The zero-order chi connectivity index (χ0) is 27.1. The number of hydrogen-bond donors (Lipinski definition) is 1. The number of allylic oxidation sites excluding steroid dienone is 2. The standard InChI is InChI=1S/C31H24N2O5S/c1-3-6-20-8-5-9-22(16-20)31-32-26-18-24(11-14-29(26)37-31)39(35,36)25-12-15-30-27(19-25)33(38-30)23-10-13-28(34)21(17-23)7-4-2/h3-5,8-19,34H,1-2,6-7H2. The van der Waals surface area contributed by atoms with Gasteiger partial charge in [0.05, 0.1) is 15.5 Å². The molecule has 39 heavy (non-hydrogen) atoms. The van der Waals surface area contributed by atoms with Crippen molar-refractivity contribution in [3.8, 4) is 22.9 Å². The van der Waals surface area contributed by atoms with Crippen molar-refractivity contribution in [1.82, 2.24) is 9.72 Å². The van der Waals surface area contributed by atoms with Crippen LogP contribution in [0.5, 0.6) is 5.75 Å². The number of aromatic hydroxyl groups is 1. The Kier molecular flexibility index (Phi) is 5.96. The van der Waals surface area contributed by atoms with E-state index >= 15 is 0 Å². The number of fused-ring (bicyclic) bond motifs is 2. The van der Waals surface area contributed by atoms with Crippen LogP contribution in [0.15, 0.2) is 123 Å². The molecule has 0 spiro atoms. The van der Waals surface area contributed by atoms with Crippen LogP contribution in [-0.2, 0) is 22.7 Å². The van der Waals surface area contributed by atoms with Gasteiger partial charge in [-0.2, -0.15) is 4.74 Å². The van der Waals surface area contributed by atoms with Gasteiger partial charge in [0, 0.05) is 5.56 Å². The molecule has 0 aliphatic carbocycles. The lowest BCUT2D eigenvalue weighted by molar-refractivity contribution is 0.346. The molecular formula is C31H24N2O5S. The fraction of sp³-hybridized carbons (Fsp3) is 0.0645. The summed E-state index contributed by atoms with van der Waals surface area (Å²) in [7, 11) is -3.86. The largest absolute Gasteiger partial charge is 0.508 e. The molecule has 6 aromatic rings. The first-order valence-corrected chi connectivity index (χ1v) is 13.8. The van der Waals surface area contributed by atoms with E-state index in [1.54, 1.807) is 42.5 Å². The van der Waals surface area contributed by atoms with Crippen molar-refractivity contribution in [2.24, 2.45) is 0 Å². The van der Waals surface area contributed by atoms with Crippen LogP contribution in [0.3, 0.4) is 0 Å². The molecule has 0 saturated carbocycles. The maximum atomic E-state index is 13.6. The molecule has 0 bridgehead atoms. The summed E-state index contributed by atoms with van der Waals surface area (Å²) in [6.45, 7) is 7.50. The molecular weight excluding hydrogens is 512 g/mol.